The summed E-state index contributed by atoms with van der Waals surface area (Å²) >= 11 is 0. The summed E-state index contributed by atoms with van der Waals surface area (Å²) in [5, 5.41) is 9.22. The van der Waals surface area contributed by atoms with Crippen LogP contribution in [0.1, 0.15) is 52.2 Å². The van der Waals surface area contributed by atoms with Gasteiger partial charge in [-0.05, 0) is 46.1 Å². The van der Waals surface area contributed by atoms with Crippen molar-refractivity contribution >= 4 is 12.1 Å². The van der Waals surface area contributed by atoms with Gasteiger partial charge in [0.05, 0.1) is 6.10 Å². The molecule has 1 atom stereocenters. The maximum atomic E-state index is 11.6. The Bertz CT molecular complexity index is 585. The number of aliphatic imine (C=N–C) groups is 1. The third-order valence-corrected chi connectivity index (χ3v) is 3.79. The second kappa shape index (κ2) is 13.0. The highest BCUT2D eigenvalue weighted by Gasteiger charge is 2.15. The van der Waals surface area contributed by atoms with Gasteiger partial charge in [0.2, 0.25) is 0 Å². The molecule has 7 heteroatoms. The lowest BCUT2D eigenvalue weighted by atomic mass is 10.1. The van der Waals surface area contributed by atoms with E-state index in [0.29, 0.717) is 19.7 Å². The Morgan fingerprint density at radius 3 is 2.25 bits per heavy atom. The van der Waals surface area contributed by atoms with Crippen molar-refractivity contribution in [3.8, 4) is 0 Å². The van der Waals surface area contributed by atoms with Crippen LogP contribution in [0.15, 0.2) is 35.3 Å². The average Bonchev–Trinajstić information content (AvgIpc) is 2.65. The van der Waals surface area contributed by atoms with Crippen molar-refractivity contribution in [1.82, 2.24) is 16.0 Å². The topological polar surface area (TPSA) is 84.0 Å². The van der Waals surface area contributed by atoms with Crippen molar-refractivity contribution in [3.63, 3.8) is 0 Å². The van der Waals surface area contributed by atoms with Gasteiger partial charge in [0.1, 0.15) is 5.60 Å². The summed E-state index contributed by atoms with van der Waals surface area (Å²) in [6.45, 7) is 10.3. The minimum absolute atomic E-state index is 0.0936. The van der Waals surface area contributed by atoms with Crippen LogP contribution in [0.25, 0.3) is 0 Å². The lowest BCUT2D eigenvalue weighted by molar-refractivity contribution is 0.0527. The van der Waals surface area contributed by atoms with E-state index >= 15 is 0 Å². The number of hydrogen-bond acceptors (Lipinski definition) is 4. The second-order valence-corrected chi connectivity index (χ2v) is 7.49. The number of benzene rings is 1. The molecular formula is C21H36N4O3. The normalized spacial score (nSPS) is 13.0. The highest BCUT2D eigenvalue weighted by atomic mass is 16.6. The summed E-state index contributed by atoms with van der Waals surface area (Å²) in [4.78, 5) is 15.7. The quantitative estimate of drug-likeness (QED) is 0.323. The van der Waals surface area contributed by atoms with Gasteiger partial charge >= 0.3 is 6.09 Å². The first-order valence-electron chi connectivity index (χ1n) is 9.89. The summed E-state index contributed by atoms with van der Waals surface area (Å²) in [5.41, 5.74) is 0.713. The van der Waals surface area contributed by atoms with Crippen LogP contribution in [0.5, 0.6) is 0 Å². The van der Waals surface area contributed by atoms with Crippen LogP contribution in [0, 0.1) is 0 Å². The summed E-state index contributed by atoms with van der Waals surface area (Å²) < 4.78 is 11.1. The van der Waals surface area contributed by atoms with Gasteiger partial charge in [-0.1, -0.05) is 30.3 Å². The van der Waals surface area contributed by atoms with E-state index < -0.39 is 5.60 Å². The maximum Gasteiger partial charge on any atom is 0.407 e. The molecule has 1 rings (SSSR count). The Hall–Kier alpha value is -2.28. The molecule has 0 fully saturated rings. The van der Waals surface area contributed by atoms with Crippen molar-refractivity contribution in [2.24, 2.45) is 4.99 Å². The number of amides is 1. The molecule has 0 radical (unpaired) electrons. The van der Waals surface area contributed by atoms with E-state index in [9.17, 15) is 4.79 Å². The van der Waals surface area contributed by atoms with Crippen LogP contribution >= 0.6 is 0 Å². The number of nitrogens with zero attached hydrogens (tertiary/aromatic N) is 1. The molecule has 0 bridgehead atoms. The van der Waals surface area contributed by atoms with E-state index in [2.05, 4.69) is 40.0 Å². The molecule has 0 saturated heterocycles. The van der Waals surface area contributed by atoms with E-state index in [1.807, 2.05) is 39.0 Å². The molecule has 0 aliphatic heterocycles. The van der Waals surface area contributed by atoms with Gasteiger partial charge in [-0.2, -0.15) is 0 Å². The smallest absolute Gasteiger partial charge is 0.407 e. The number of alkyl carbamates (subject to hydrolysis) is 1. The zero-order valence-corrected chi connectivity index (χ0v) is 17.9. The largest absolute Gasteiger partial charge is 0.444 e. The summed E-state index contributed by atoms with van der Waals surface area (Å²) in [5.74, 6) is 0.744. The Balaban J connectivity index is 2.07. The standard InChI is InChI=1S/C21H36N4O3/c1-17(18-11-7-6-8-12-18)27-16-10-15-24-19(22-5)23-13-9-14-25-20(26)28-21(2,3)4/h6-8,11-12,17H,9-10,13-16H2,1-5H3,(H,25,26)(H2,22,23,24). The molecule has 1 aromatic carbocycles. The fraction of sp³-hybridized carbons (Fsp3) is 0.619. The first-order valence-corrected chi connectivity index (χ1v) is 9.89. The van der Waals surface area contributed by atoms with E-state index in [4.69, 9.17) is 9.47 Å². The predicted molar refractivity (Wildman–Crippen MR) is 114 cm³/mol. The number of ether oxygens (including phenoxy) is 2. The van der Waals surface area contributed by atoms with Gasteiger partial charge in [0.15, 0.2) is 5.96 Å². The van der Waals surface area contributed by atoms with Gasteiger partial charge in [-0.3, -0.25) is 4.99 Å². The lowest BCUT2D eigenvalue weighted by Crippen LogP contribution is -2.39. The number of guanidine groups is 1. The SMILES string of the molecule is CN=C(NCCCNC(=O)OC(C)(C)C)NCCCOC(C)c1ccccc1. The van der Waals surface area contributed by atoms with Crippen LogP contribution in [0.3, 0.4) is 0 Å². The van der Waals surface area contributed by atoms with E-state index in [1.165, 1.54) is 5.56 Å². The molecule has 3 N–H and O–H groups in total. The van der Waals surface area contributed by atoms with Crippen molar-refractivity contribution in [2.75, 3.05) is 33.3 Å². The zero-order chi connectivity index (χ0) is 20.8. The number of hydrogen-bond donors (Lipinski definition) is 3. The van der Waals surface area contributed by atoms with E-state index in [0.717, 1.165) is 25.3 Å². The van der Waals surface area contributed by atoms with Crippen LogP contribution in [-0.2, 0) is 9.47 Å². The van der Waals surface area contributed by atoms with Crippen molar-refractivity contribution in [3.05, 3.63) is 35.9 Å². The second-order valence-electron chi connectivity index (χ2n) is 7.49. The van der Waals surface area contributed by atoms with Crippen LogP contribution in [-0.4, -0.2) is 50.9 Å². The number of rotatable bonds is 10. The molecular weight excluding hydrogens is 356 g/mol. The van der Waals surface area contributed by atoms with Crippen LogP contribution in [0.2, 0.25) is 0 Å². The molecule has 1 aromatic rings. The molecule has 28 heavy (non-hydrogen) atoms. The highest BCUT2D eigenvalue weighted by Crippen LogP contribution is 2.15. The Morgan fingerprint density at radius 2 is 1.64 bits per heavy atom. The molecule has 158 valence electrons. The Kier molecular flexibility index (Phi) is 11.0. The van der Waals surface area contributed by atoms with Gasteiger partial charge in [-0.25, -0.2) is 4.79 Å². The molecule has 0 aliphatic rings. The molecule has 1 unspecified atom stereocenters. The van der Waals surface area contributed by atoms with Crippen molar-refractivity contribution in [1.29, 1.82) is 0 Å². The first kappa shape index (κ1) is 23.8. The predicted octanol–water partition coefficient (Wildman–Crippen LogP) is 3.23. The van der Waals surface area contributed by atoms with Gasteiger partial charge in [-0.15, -0.1) is 0 Å². The third-order valence-electron chi connectivity index (χ3n) is 3.79. The van der Waals surface area contributed by atoms with Crippen LogP contribution in [0.4, 0.5) is 4.79 Å². The molecule has 0 spiro atoms. The minimum atomic E-state index is -0.475. The molecule has 0 saturated carbocycles. The summed E-state index contributed by atoms with van der Waals surface area (Å²) in [6, 6.07) is 10.2. The van der Waals surface area contributed by atoms with Gasteiger partial charge in [0.25, 0.3) is 0 Å². The number of nitrogens with one attached hydrogen (secondary N) is 3. The van der Waals surface area contributed by atoms with E-state index in [1.54, 1.807) is 7.05 Å². The van der Waals surface area contributed by atoms with Crippen molar-refractivity contribution in [2.45, 2.75) is 52.2 Å². The highest BCUT2D eigenvalue weighted by molar-refractivity contribution is 5.79. The molecule has 1 amide bonds. The Morgan fingerprint density at radius 1 is 1.04 bits per heavy atom. The average molecular weight is 393 g/mol. The lowest BCUT2D eigenvalue weighted by Gasteiger charge is -2.19. The number of carbonyl (C=O) groups is 1. The molecule has 0 heterocycles. The fourth-order valence-electron chi connectivity index (χ4n) is 2.38. The number of carbonyl (C=O) groups excluding carboxylic acids is 1. The van der Waals surface area contributed by atoms with Crippen LogP contribution < -0.4 is 16.0 Å². The molecule has 0 aromatic heterocycles. The minimum Gasteiger partial charge on any atom is -0.444 e. The fourth-order valence-corrected chi connectivity index (χ4v) is 2.38. The molecule has 7 nitrogen and oxygen atoms in total. The van der Waals surface area contributed by atoms with Gasteiger partial charge in [0, 0.05) is 33.3 Å². The zero-order valence-electron chi connectivity index (χ0n) is 17.9. The van der Waals surface area contributed by atoms with Gasteiger partial charge < -0.3 is 25.4 Å². The third kappa shape index (κ3) is 11.4. The Labute approximate surface area is 169 Å². The molecule has 0 aliphatic carbocycles. The summed E-state index contributed by atoms with van der Waals surface area (Å²) in [6.07, 6.45) is 1.37. The van der Waals surface area contributed by atoms with Crippen molar-refractivity contribution < 1.29 is 14.3 Å². The maximum absolute atomic E-state index is 11.6. The first-order chi connectivity index (χ1) is 13.3. The summed E-state index contributed by atoms with van der Waals surface area (Å²) in [7, 11) is 1.74. The van der Waals surface area contributed by atoms with E-state index in [-0.39, 0.29) is 12.2 Å². The monoisotopic (exact) mass is 392 g/mol.